The Morgan fingerprint density at radius 2 is 0.957 bits per heavy atom. The van der Waals surface area contributed by atoms with E-state index >= 15 is 0 Å². The fraction of sp³-hybridized carbons (Fsp3) is 0.892. The van der Waals surface area contributed by atoms with Crippen LogP contribution < -0.4 is 34.5 Å². The molecule has 47 heavy (non-hydrogen) atoms. The minimum atomic E-state index is -4.99. The Morgan fingerprint density at radius 1 is 0.596 bits per heavy atom. The molecule has 0 fully saturated rings. The number of esters is 2. The van der Waals surface area contributed by atoms with Crippen LogP contribution in [-0.4, -0.2) is 36.1 Å². The molecule has 0 saturated carbocycles. The van der Waals surface area contributed by atoms with E-state index in [4.69, 9.17) is 14.4 Å². The molecule has 1 unspecified atom stereocenters. The summed E-state index contributed by atoms with van der Waals surface area (Å²) in [6, 6.07) is 0. The van der Waals surface area contributed by atoms with Crippen molar-refractivity contribution in [1.29, 1.82) is 0 Å². The molecule has 0 aliphatic rings. The predicted octanol–water partition coefficient (Wildman–Crippen LogP) is 7.44. The van der Waals surface area contributed by atoms with E-state index in [1.165, 1.54) is 109 Å². The van der Waals surface area contributed by atoms with E-state index in [1.54, 1.807) is 0 Å². The van der Waals surface area contributed by atoms with Crippen molar-refractivity contribution in [3.63, 3.8) is 0 Å². The zero-order valence-corrected chi connectivity index (χ0v) is 33.6. The predicted molar refractivity (Wildman–Crippen MR) is 186 cm³/mol. The fourth-order valence-electron chi connectivity index (χ4n) is 5.42. The van der Waals surface area contributed by atoms with Crippen molar-refractivity contribution in [3.8, 4) is 0 Å². The van der Waals surface area contributed by atoms with Crippen molar-refractivity contribution in [3.05, 3.63) is 12.2 Å². The summed E-state index contributed by atoms with van der Waals surface area (Å²) < 4.78 is 26.0. The van der Waals surface area contributed by atoms with Gasteiger partial charge in [0.05, 0.1) is 6.61 Å². The first-order valence-corrected chi connectivity index (χ1v) is 20.5. The van der Waals surface area contributed by atoms with Crippen LogP contribution >= 0.6 is 7.82 Å². The van der Waals surface area contributed by atoms with E-state index in [0.717, 1.165) is 51.4 Å². The van der Waals surface area contributed by atoms with Crippen LogP contribution in [0, 0.1) is 0 Å². The molecule has 0 aliphatic heterocycles. The number of rotatable bonds is 35. The first-order valence-electron chi connectivity index (χ1n) is 19.0. The molecule has 0 heterocycles. The number of allylic oxidation sites excluding steroid dienone is 2. The van der Waals surface area contributed by atoms with Gasteiger partial charge in [-0.1, -0.05) is 154 Å². The van der Waals surface area contributed by atoms with E-state index in [9.17, 15) is 19.0 Å². The number of unbranched alkanes of at least 4 members (excludes halogenated alkanes) is 23. The van der Waals surface area contributed by atoms with Crippen LogP contribution in [0.15, 0.2) is 12.2 Å². The van der Waals surface area contributed by atoms with Gasteiger partial charge in [-0.2, -0.15) is 0 Å². The Balaban J connectivity index is 0. The third-order valence-electron chi connectivity index (χ3n) is 8.28. The zero-order valence-electron chi connectivity index (χ0n) is 30.7. The Bertz CT molecular complexity index is 773. The summed E-state index contributed by atoms with van der Waals surface area (Å²) in [5.41, 5.74) is 0. The molecule has 0 aromatic rings. The minimum absolute atomic E-state index is 0. The summed E-state index contributed by atoms with van der Waals surface area (Å²) in [6.07, 6.45) is 34.8. The SMILES string of the molecule is CCCCCCCC/C=C\CCCCCCCC(=O)O[C@H](COC(=O)CCCCCCCCCCCCCCC)COP(=O)([O-])O.[Na+]. The summed E-state index contributed by atoms with van der Waals surface area (Å²) in [5.74, 6) is -0.923. The average molecular weight is 697 g/mol. The van der Waals surface area contributed by atoms with Gasteiger partial charge in [0, 0.05) is 12.8 Å². The number of phosphoric ester groups is 1. The molecule has 2 atom stereocenters. The largest absolute Gasteiger partial charge is 1.00 e. The smallest absolute Gasteiger partial charge is 0.756 e. The molecule has 8 nitrogen and oxygen atoms in total. The van der Waals surface area contributed by atoms with Gasteiger partial charge in [-0.05, 0) is 38.5 Å². The van der Waals surface area contributed by atoms with Gasteiger partial charge in [0.2, 0.25) is 0 Å². The fourth-order valence-corrected chi connectivity index (χ4v) is 5.78. The van der Waals surface area contributed by atoms with Gasteiger partial charge in [0.15, 0.2) is 6.10 Å². The zero-order chi connectivity index (χ0) is 34.0. The second-order valence-corrected chi connectivity index (χ2v) is 14.1. The van der Waals surface area contributed by atoms with E-state index in [2.05, 4.69) is 30.5 Å². The molecular formula is C37H70NaO8P. The molecule has 0 aliphatic carbocycles. The third-order valence-corrected chi connectivity index (χ3v) is 8.75. The number of carbonyl (C=O) groups excluding carboxylic acids is 2. The second-order valence-electron chi connectivity index (χ2n) is 12.9. The summed E-state index contributed by atoms with van der Waals surface area (Å²) in [5, 5.41) is 0. The average Bonchev–Trinajstić information content (AvgIpc) is 3.02. The van der Waals surface area contributed by atoms with Gasteiger partial charge >= 0.3 is 41.5 Å². The quantitative estimate of drug-likeness (QED) is 0.0239. The molecule has 1 N–H and O–H groups in total. The molecule has 0 bridgehead atoms. The van der Waals surface area contributed by atoms with E-state index in [1.807, 2.05) is 0 Å². The Kier molecular flexibility index (Phi) is 38.6. The number of hydrogen-bond acceptors (Lipinski definition) is 7. The van der Waals surface area contributed by atoms with Gasteiger partial charge in [-0.3, -0.25) is 14.2 Å². The minimum Gasteiger partial charge on any atom is -0.756 e. The topological polar surface area (TPSA) is 122 Å². The number of ether oxygens (including phenoxy) is 2. The van der Waals surface area contributed by atoms with Crippen LogP contribution in [0.5, 0.6) is 0 Å². The molecule has 0 amide bonds. The monoisotopic (exact) mass is 696 g/mol. The van der Waals surface area contributed by atoms with Crippen molar-refractivity contribution < 1.29 is 67.5 Å². The molecule has 272 valence electrons. The van der Waals surface area contributed by atoms with Crippen molar-refractivity contribution in [2.45, 2.75) is 200 Å². The maximum Gasteiger partial charge on any atom is 1.00 e. The number of phosphoric acid groups is 1. The summed E-state index contributed by atoms with van der Waals surface area (Å²) in [4.78, 5) is 44.5. The number of hydrogen-bond donors (Lipinski definition) is 1. The van der Waals surface area contributed by atoms with Gasteiger partial charge in [-0.25, -0.2) is 0 Å². The molecule has 0 saturated heterocycles. The summed E-state index contributed by atoms with van der Waals surface area (Å²) in [6.45, 7) is 3.58. The van der Waals surface area contributed by atoms with Crippen LogP contribution in [0.25, 0.3) is 0 Å². The Morgan fingerprint density at radius 3 is 1.36 bits per heavy atom. The van der Waals surface area contributed by atoms with Crippen LogP contribution in [0.1, 0.15) is 194 Å². The van der Waals surface area contributed by atoms with Gasteiger partial charge in [0.25, 0.3) is 7.82 Å². The van der Waals surface area contributed by atoms with Gasteiger partial charge in [-0.15, -0.1) is 0 Å². The van der Waals surface area contributed by atoms with Crippen molar-refractivity contribution >= 4 is 19.8 Å². The van der Waals surface area contributed by atoms with Crippen molar-refractivity contribution in [1.82, 2.24) is 0 Å². The Labute approximate surface area is 310 Å². The maximum atomic E-state index is 12.3. The third kappa shape index (κ3) is 40.1. The molecule has 0 aromatic carbocycles. The molecule has 0 aromatic heterocycles. The number of carbonyl (C=O) groups is 2. The van der Waals surface area contributed by atoms with Crippen LogP contribution in [-0.2, 0) is 28.2 Å². The molecular weight excluding hydrogens is 626 g/mol. The van der Waals surface area contributed by atoms with E-state index < -0.39 is 32.5 Å². The summed E-state index contributed by atoms with van der Waals surface area (Å²) in [7, 11) is -4.99. The van der Waals surface area contributed by atoms with Crippen LogP contribution in [0.2, 0.25) is 0 Å². The van der Waals surface area contributed by atoms with E-state index in [0.29, 0.717) is 6.42 Å². The summed E-state index contributed by atoms with van der Waals surface area (Å²) >= 11 is 0. The molecule has 0 rings (SSSR count). The van der Waals surface area contributed by atoms with Crippen LogP contribution in [0.4, 0.5) is 0 Å². The molecule has 0 radical (unpaired) electrons. The van der Waals surface area contributed by atoms with Crippen molar-refractivity contribution in [2.75, 3.05) is 13.2 Å². The van der Waals surface area contributed by atoms with Crippen molar-refractivity contribution in [2.24, 2.45) is 0 Å². The first kappa shape index (κ1) is 48.9. The molecule has 0 spiro atoms. The normalized spacial score (nSPS) is 13.3. The first-order chi connectivity index (χ1) is 22.3. The second kappa shape index (κ2) is 37.1. The van der Waals surface area contributed by atoms with Crippen LogP contribution in [0.3, 0.4) is 0 Å². The van der Waals surface area contributed by atoms with Gasteiger partial charge < -0.3 is 23.8 Å². The van der Waals surface area contributed by atoms with Gasteiger partial charge in [0.1, 0.15) is 6.61 Å². The standard InChI is InChI=1S/C37H71O8P.Na/c1-3-5-7-9-11-13-15-17-18-20-22-24-26-28-30-32-37(39)45-35(34-44-46(40,41)42)33-43-36(38)31-29-27-25-23-21-19-16-14-12-10-8-6-4-2;/h17-18,35H,3-16,19-34H2,1-2H3,(H2,40,41,42);/q;+1/p-1/b18-17-;/t35-;/m1./s1. The Hall–Kier alpha value is -0.210. The molecule has 10 heteroatoms. The maximum absolute atomic E-state index is 12.3. The van der Waals surface area contributed by atoms with E-state index in [-0.39, 0.29) is 49.0 Å².